The second kappa shape index (κ2) is 1.84. The fourth-order valence-corrected chi connectivity index (χ4v) is 1.36. The van der Waals surface area contributed by atoms with Gasteiger partial charge in [0.1, 0.15) is 0 Å². The molecule has 2 bridgehead atoms. The van der Waals surface area contributed by atoms with E-state index in [1.807, 2.05) is 0 Å². The molecule has 0 aliphatic carbocycles. The summed E-state index contributed by atoms with van der Waals surface area (Å²) in [4.78, 5) is 22.3. The van der Waals surface area contributed by atoms with E-state index in [4.69, 9.17) is 0 Å². The van der Waals surface area contributed by atoms with Crippen molar-refractivity contribution in [1.29, 1.82) is 0 Å². The molecule has 4 nitrogen and oxygen atoms in total. The lowest BCUT2D eigenvalue weighted by atomic mass is 10.4. The molecule has 4 heteroatoms. The Bertz CT molecular complexity index is 413. The minimum Gasteiger partial charge on any atom is -0.298 e. The van der Waals surface area contributed by atoms with Crippen molar-refractivity contribution in [3.8, 4) is 0 Å². The number of nitrogens with zero attached hydrogens (tertiary/aromatic N) is 2. The first-order chi connectivity index (χ1) is 5.20. The molecule has 0 N–H and O–H groups in total. The lowest BCUT2D eigenvalue weighted by Crippen LogP contribution is -2.32. The fourth-order valence-electron chi connectivity index (χ4n) is 1.36. The van der Waals surface area contributed by atoms with Crippen molar-refractivity contribution in [3.63, 3.8) is 0 Å². The van der Waals surface area contributed by atoms with Crippen molar-refractivity contribution in [3.05, 3.63) is 32.6 Å². The van der Waals surface area contributed by atoms with Gasteiger partial charge in [0.05, 0.1) is 0 Å². The van der Waals surface area contributed by atoms with E-state index in [9.17, 15) is 9.59 Å². The zero-order chi connectivity index (χ0) is 8.01. The number of fused-ring (bicyclic) bond motifs is 2. The van der Waals surface area contributed by atoms with Crippen LogP contribution in [0.1, 0.15) is 5.56 Å². The highest BCUT2D eigenvalue weighted by molar-refractivity contribution is 5.04. The Hall–Kier alpha value is -1.32. The highest BCUT2D eigenvalue weighted by atomic mass is 16.2. The van der Waals surface area contributed by atoms with Gasteiger partial charge >= 0.3 is 5.69 Å². The summed E-state index contributed by atoms with van der Waals surface area (Å²) in [5.74, 6) is 0. The highest BCUT2D eigenvalue weighted by Gasteiger charge is 2.14. The van der Waals surface area contributed by atoms with Crippen LogP contribution in [0.2, 0.25) is 0 Å². The van der Waals surface area contributed by atoms with Gasteiger partial charge in [0, 0.05) is 24.8 Å². The molecule has 0 amide bonds. The summed E-state index contributed by atoms with van der Waals surface area (Å²) >= 11 is 0. The summed E-state index contributed by atoms with van der Waals surface area (Å²) in [6.45, 7) is 2.90. The Labute approximate surface area is 62.7 Å². The molecule has 1 aliphatic heterocycles. The van der Waals surface area contributed by atoms with E-state index in [1.54, 1.807) is 17.7 Å². The summed E-state index contributed by atoms with van der Waals surface area (Å²) in [5.41, 5.74) is 0.312. The number of hydrogen-bond acceptors (Lipinski definition) is 2. The number of aromatic nitrogens is 2. The maximum absolute atomic E-state index is 11.2. The molecule has 0 saturated heterocycles. The second-order valence-electron chi connectivity index (χ2n) is 2.74. The van der Waals surface area contributed by atoms with Gasteiger partial charge in [-0.1, -0.05) is 0 Å². The largest absolute Gasteiger partial charge is 0.331 e. The van der Waals surface area contributed by atoms with E-state index in [2.05, 4.69) is 0 Å². The predicted molar refractivity (Wildman–Crippen MR) is 39.7 cm³/mol. The minimum atomic E-state index is -0.180. The van der Waals surface area contributed by atoms with Gasteiger partial charge in [-0.15, -0.1) is 0 Å². The lowest BCUT2D eigenvalue weighted by molar-refractivity contribution is 0.683. The molecule has 1 aromatic heterocycles. The fraction of sp³-hybridized carbons (Fsp3) is 0.429. The zero-order valence-electron chi connectivity index (χ0n) is 6.20. The first-order valence-electron chi connectivity index (χ1n) is 3.51. The molecular formula is C7H8N2O2. The summed E-state index contributed by atoms with van der Waals surface area (Å²) < 4.78 is 2.84. The van der Waals surface area contributed by atoms with E-state index in [0.717, 1.165) is 0 Å². The molecule has 2 rings (SSSR count). The first-order valence-corrected chi connectivity index (χ1v) is 3.51. The van der Waals surface area contributed by atoms with Gasteiger partial charge < -0.3 is 0 Å². The molecular weight excluding hydrogens is 144 g/mol. The monoisotopic (exact) mass is 152 g/mol. The summed E-state index contributed by atoms with van der Waals surface area (Å²) in [5, 5.41) is 0. The summed E-state index contributed by atoms with van der Waals surface area (Å²) in [6.07, 6.45) is 1.62. The average molecular weight is 152 g/mol. The van der Waals surface area contributed by atoms with Crippen LogP contribution in [0, 0.1) is 6.92 Å². The quantitative estimate of drug-likeness (QED) is 0.495. The topological polar surface area (TPSA) is 44.0 Å². The molecule has 0 unspecified atom stereocenters. The Morgan fingerprint density at radius 2 is 2.09 bits per heavy atom. The molecule has 0 atom stereocenters. The van der Waals surface area contributed by atoms with Crippen molar-refractivity contribution in [2.45, 2.75) is 20.0 Å². The number of hydrogen-bond donors (Lipinski definition) is 0. The standard InChI is InChI=1S/C7H8N2O2/c1-5-4-8-2-3-9(6(5)10)7(8)11/h4H,2-3H2,1H3. The SMILES string of the molecule is Cc1cn2c(=O)n(c1=O)CC2. The van der Waals surface area contributed by atoms with Crippen LogP contribution in [0.15, 0.2) is 15.8 Å². The molecule has 0 radical (unpaired) electrons. The summed E-state index contributed by atoms with van der Waals surface area (Å²) in [7, 11) is 0. The Balaban J connectivity index is 2.98. The average Bonchev–Trinajstić information content (AvgIpc) is 2.23. The summed E-state index contributed by atoms with van der Waals surface area (Å²) in [6, 6.07) is 0. The van der Waals surface area contributed by atoms with Crippen LogP contribution >= 0.6 is 0 Å². The van der Waals surface area contributed by atoms with Gasteiger partial charge in [0.15, 0.2) is 0 Å². The minimum absolute atomic E-state index is 0.149. The lowest BCUT2D eigenvalue weighted by Gasteiger charge is -1.94. The number of rotatable bonds is 0. The van der Waals surface area contributed by atoms with E-state index >= 15 is 0 Å². The maximum Gasteiger partial charge on any atom is 0.331 e. The Kier molecular flexibility index (Phi) is 1.07. The third kappa shape index (κ3) is 0.691. The first kappa shape index (κ1) is 6.39. The van der Waals surface area contributed by atoms with Crippen LogP contribution in [0.25, 0.3) is 0 Å². The van der Waals surface area contributed by atoms with Gasteiger partial charge in [0.25, 0.3) is 5.56 Å². The van der Waals surface area contributed by atoms with E-state index in [-0.39, 0.29) is 11.2 Å². The van der Waals surface area contributed by atoms with Gasteiger partial charge in [-0.2, -0.15) is 0 Å². The maximum atomic E-state index is 11.2. The van der Waals surface area contributed by atoms with Crippen LogP contribution in [0.4, 0.5) is 0 Å². The van der Waals surface area contributed by atoms with Crippen molar-refractivity contribution in [1.82, 2.24) is 9.13 Å². The van der Waals surface area contributed by atoms with Crippen LogP contribution in [-0.2, 0) is 13.1 Å². The third-order valence-electron chi connectivity index (χ3n) is 1.97. The molecule has 58 valence electrons. The predicted octanol–water partition coefficient (Wildman–Crippen LogP) is -0.668. The van der Waals surface area contributed by atoms with Crippen LogP contribution < -0.4 is 11.2 Å². The second-order valence-corrected chi connectivity index (χ2v) is 2.74. The van der Waals surface area contributed by atoms with Gasteiger partial charge in [-0.05, 0) is 6.92 Å². The van der Waals surface area contributed by atoms with Crippen LogP contribution in [0.5, 0.6) is 0 Å². The van der Waals surface area contributed by atoms with E-state index < -0.39 is 0 Å². The smallest absolute Gasteiger partial charge is 0.298 e. The van der Waals surface area contributed by atoms with Gasteiger partial charge in [0.2, 0.25) is 0 Å². The normalized spacial score (nSPS) is 13.9. The van der Waals surface area contributed by atoms with E-state index in [0.29, 0.717) is 18.7 Å². The van der Waals surface area contributed by atoms with Crippen molar-refractivity contribution in [2.24, 2.45) is 0 Å². The van der Waals surface area contributed by atoms with Crippen LogP contribution in [0.3, 0.4) is 0 Å². The molecule has 0 saturated carbocycles. The Morgan fingerprint density at radius 3 is 2.82 bits per heavy atom. The molecule has 1 aromatic rings. The molecule has 11 heavy (non-hydrogen) atoms. The van der Waals surface area contributed by atoms with Crippen molar-refractivity contribution >= 4 is 0 Å². The molecule has 0 aromatic carbocycles. The van der Waals surface area contributed by atoms with Crippen molar-refractivity contribution < 1.29 is 0 Å². The molecule has 0 fully saturated rings. The zero-order valence-corrected chi connectivity index (χ0v) is 6.20. The third-order valence-corrected chi connectivity index (χ3v) is 1.97. The highest BCUT2D eigenvalue weighted by Crippen LogP contribution is 1.93. The molecule has 1 aliphatic rings. The number of aryl methyl sites for hydroxylation is 2. The van der Waals surface area contributed by atoms with E-state index in [1.165, 1.54) is 4.57 Å². The van der Waals surface area contributed by atoms with Gasteiger partial charge in [-0.25, -0.2) is 4.79 Å². The Morgan fingerprint density at radius 1 is 1.36 bits per heavy atom. The van der Waals surface area contributed by atoms with Crippen molar-refractivity contribution in [2.75, 3.05) is 0 Å². The van der Waals surface area contributed by atoms with Crippen LogP contribution in [-0.4, -0.2) is 9.13 Å². The van der Waals surface area contributed by atoms with Gasteiger partial charge in [-0.3, -0.25) is 13.9 Å². The molecule has 2 heterocycles. The molecule has 0 spiro atoms.